The topological polar surface area (TPSA) is 44.4 Å². The third-order valence-electron chi connectivity index (χ3n) is 3.09. The summed E-state index contributed by atoms with van der Waals surface area (Å²) in [5.74, 6) is -0.571. The lowest BCUT2D eigenvalue weighted by atomic mass is 10.2. The van der Waals surface area contributed by atoms with Crippen LogP contribution in [0.5, 0.6) is 0 Å². The van der Waals surface area contributed by atoms with Crippen LogP contribution in [-0.2, 0) is 6.54 Å². The molecule has 22 heavy (non-hydrogen) atoms. The summed E-state index contributed by atoms with van der Waals surface area (Å²) >= 11 is 5.66. The lowest BCUT2D eigenvalue weighted by Gasteiger charge is -2.13. The largest absolute Gasteiger partial charge is 0.378 e. The standard InChI is InChI=1S/C16H17ClFN3O/c1-21(2)13-6-3-11(4-7-13)10-19-16(22)20-15-8-5-12(17)9-14(15)18/h3-9H,10H2,1-2H3,(H2,19,20,22). The Labute approximate surface area is 133 Å². The van der Waals surface area contributed by atoms with Crippen LogP contribution in [0.2, 0.25) is 5.02 Å². The maximum absolute atomic E-state index is 13.6. The fraction of sp³-hybridized carbons (Fsp3) is 0.188. The molecule has 0 aliphatic carbocycles. The second-order valence-electron chi connectivity index (χ2n) is 4.99. The highest BCUT2D eigenvalue weighted by molar-refractivity contribution is 6.30. The van der Waals surface area contributed by atoms with Crippen LogP contribution in [0.1, 0.15) is 5.56 Å². The zero-order valence-corrected chi connectivity index (χ0v) is 13.1. The van der Waals surface area contributed by atoms with Crippen molar-refractivity contribution in [3.05, 3.63) is 58.9 Å². The van der Waals surface area contributed by atoms with Crippen LogP contribution in [0.3, 0.4) is 0 Å². The number of anilines is 2. The van der Waals surface area contributed by atoms with Gasteiger partial charge in [0.15, 0.2) is 0 Å². The van der Waals surface area contributed by atoms with Crippen LogP contribution in [0.4, 0.5) is 20.6 Å². The molecule has 2 aromatic carbocycles. The van der Waals surface area contributed by atoms with Crippen LogP contribution >= 0.6 is 11.6 Å². The summed E-state index contributed by atoms with van der Waals surface area (Å²) in [5, 5.41) is 5.40. The van der Waals surface area contributed by atoms with Crippen molar-refractivity contribution in [2.24, 2.45) is 0 Å². The molecular formula is C16H17ClFN3O. The van der Waals surface area contributed by atoms with Gasteiger partial charge in [-0.25, -0.2) is 9.18 Å². The number of nitrogens with zero attached hydrogens (tertiary/aromatic N) is 1. The van der Waals surface area contributed by atoms with E-state index in [0.29, 0.717) is 6.54 Å². The van der Waals surface area contributed by atoms with Gasteiger partial charge in [-0.05, 0) is 35.9 Å². The number of nitrogens with one attached hydrogen (secondary N) is 2. The Balaban J connectivity index is 1.89. The number of urea groups is 1. The number of rotatable bonds is 4. The Morgan fingerprint density at radius 3 is 2.45 bits per heavy atom. The van der Waals surface area contributed by atoms with E-state index in [4.69, 9.17) is 11.6 Å². The molecule has 0 aliphatic rings. The fourth-order valence-corrected chi connectivity index (χ4v) is 2.01. The number of halogens is 2. The zero-order chi connectivity index (χ0) is 16.1. The Morgan fingerprint density at radius 2 is 1.86 bits per heavy atom. The summed E-state index contributed by atoms with van der Waals surface area (Å²) in [7, 11) is 3.92. The van der Waals surface area contributed by atoms with Gasteiger partial charge in [-0.15, -0.1) is 0 Å². The molecule has 2 rings (SSSR count). The molecule has 0 heterocycles. The monoisotopic (exact) mass is 321 g/mol. The van der Waals surface area contributed by atoms with Crippen molar-refractivity contribution >= 4 is 29.0 Å². The van der Waals surface area contributed by atoms with Gasteiger partial charge in [0.05, 0.1) is 5.69 Å². The summed E-state index contributed by atoms with van der Waals surface area (Å²) in [5.41, 5.74) is 2.12. The molecule has 0 bridgehead atoms. The van der Waals surface area contributed by atoms with Crippen LogP contribution < -0.4 is 15.5 Å². The zero-order valence-electron chi connectivity index (χ0n) is 12.4. The molecule has 0 aromatic heterocycles. The molecular weight excluding hydrogens is 305 g/mol. The Hall–Kier alpha value is -2.27. The van der Waals surface area contributed by atoms with E-state index in [1.165, 1.54) is 12.1 Å². The Morgan fingerprint density at radius 1 is 1.18 bits per heavy atom. The predicted molar refractivity (Wildman–Crippen MR) is 88.0 cm³/mol. The molecule has 6 heteroatoms. The van der Waals surface area contributed by atoms with E-state index in [1.54, 1.807) is 0 Å². The van der Waals surface area contributed by atoms with Crippen LogP contribution in [0, 0.1) is 5.82 Å². The SMILES string of the molecule is CN(C)c1ccc(CNC(=O)Nc2ccc(Cl)cc2F)cc1. The molecule has 0 aliphatic heterocycles. The average Bonchev–Trinajstić information content (AvgIpc) is 2.48. The first-order valence-electron chi connectivity index (χ1n) is 6.72. The van der Waals surface area contributed by atoms with Crippen molar-refractivity contribution in [1.29, 1.82) is 0 Å². The van der Waals surface area contributed by atoms with Gasteiger partial charge >= 0.3 is 6.03 Å². The van der Waals surface area contributed by atoms with Crippen molar-refractivity contribution in [2.45, 2.75) is 6.54 Å². The van der Waals surface area contributed by atoms with Crippen LogP contribution in [0.15, 0.2) is 42.5 Å². The molecule has 0 saturated heterocycles. The normalized spacial score (nSPS) is 10.2. The number of benzene rings is 2. The fourth-order valence-electron chi connectivity index (χ4n) is 1.85. The molecule has 2 aromatic rings. The van der Waals surface area contributed by atoms with Crippen LogP contribution in [0.25, 0.3) is 0 Å². The summed E-state index contributed by atoms with van der Waals surface area (Å²) in [6, 6.07) is 11.4. The van der Waals surface area contributed by atoms with Gasteiger partial charge < -0.3 is 15.5 Å². The number of hydrogen-bond acceptors (Lipinski definition) is 2. The van der Waals surface area contributed by atoms with Crippen molar-refractivity contribution in [3.63, 3.8) is 0 Å². The highest BCUT2D eigenvalue weighted by Crippen LogP contribution is 2.18. The van der Waals surface area contributed by atoms with E-state index in [0.717, 1.165) is 17.3 Å². The average molecular weight is 322 g/mol. The molecule has 0 atom stereocenters. The van der Waals surface area contributed by atoms with Gasteiger partial charge in [0, 0.05) is 31.4 Å². The first kappa shape index (κ1) is 16.1. The molecule has 116 valence electrons. The highest BCUT2D eigenvalue weighted by atomic mass is 35.5. The van der Waals surface area contributed by atoms with E-state index in [9.17, 15) is 9.18 Å². The minimum Gasteiger partial charge on any atom is -0.378 e. The number of hydrogen-bond donors (Lipinski definition) is 2. The van der Waals surface area contributed by atoms with E-state index >= 15 is 0 Å². The third-order valence-corrected chi connectivity index (χ3v) is 3.32. The van der Waals surface area contributed by atoms with Gasteiger partial charge in [0.2, 0.25) is 0 Å². The van der Waals surface area contributed by atoms with E-state index in [1.807, 2.05) is 43.3 Å². The highest BCUT2D eigenvalue weighted by Gasteiger charge is 2.07. The molecule has 0 fully saturated rings. The number of carbonyl (C=O) groups excluding carboxylic acids is 1. The quantitative estimate of drug-likeness (QED) is 0.898. The molecule has 4 nitrogen and oxygen atoms in total. The van der Waals surface area contributed by atoms with Gasteiger partial charge in [0.1, 0.15) is 5.82 Å². The van der Waals surface area contributed by atoms with Gasteiger partial charge in [-0.1, -0.05) is 23.7 Å². The molecule has 2 N–H and O–H groups in total. The summed E-state index contributed by atoms with van der Waals surface area (Å²) in [6.07, 6.45) is 0. The Bertz CT molecular complexity index is 659. The molecule has 2 amide bonds. The van der Waals surface area contributed by atoms with Gasteiger partial charge in [0.25, 0.3) is 0 Å². The minimum absolute atomic E-state index is 0.0878. The Kier molecular flexibility index (Phi) is 5.22. The van der Waals surface area contributed by atoms with Crippen molar-refractivity contribution in [2.75, 3.05) is 24.3 Å². The third kappa shape index (κ3) is 4.36. The van der Waals surface area contributed by atoms with Crippen molar-refractivity contribution in [3.8, 4) is 0 Å². The van der Waals surface area contributed by atoms with E-state index < -0.39 is 11.8 Å². The van der Waals surface area contributed by atoms with Crippen LogP contribution in [-0.4, -0.2) is 20.1 Å². The van der Waals surface area contributed by atoms with Gasteiger partial charge in [-0.2, -0.15) is 0 Å². The summed E-state index contributed by atoms with van der Waals surface area (Å²) in [6.45, 7) is 0.356. The molecule has 0 saturated carbocycles. The first-order chi connectivity index (χ1) is 10.5. The second kappa shape index (κ2) is 7.13. The molecule has 0 radical (unpaired) electrons. The maximum atomic E-state index is 13.6. The first-order valence-corrected chi connectivity index (χ1v) is 7.09. The predicted octanol–water partition coefficient (Wildman–Crippen LogP) is 3.87. The van der Waals surface area contributed by atoms with Gasteiger partial charge in [-0.3, -0.25) is 0 Å². The summed E-state index contributed by atoms with van der Waals surface area (Å²) in [4.78, 5) is 13.8. The van der Waals surface area contributed by atoms with Crippen molar-refractivity contribution in [1.82, 2.24) is 5.32 Å². The van der Waals surface area contributed by atoms with E-state index in [-0.39, 0.29) is 10.7 Å². The molecule has 0 spiro atoms. The summed E-state index contributed by atoms with van der Waals surface area (Å²) < 4.78 is 13.6. The second-order valence-corrected chi connectivity index (χ2v) is 5.43. The van der Waals surface area contributed by atoms with Crippen molar-refractivity contribution < 1.29 is 9.18 Å². The number of carbonyl (C=O) groups is 1. The minimum atomic E-state index is -0.571. The van der Waals surface area contributed by atoms with E-state index in [2.05, 4.69) is 10.6 Å². The lowest BCUT2D eigenvalue weighted by Crippen LogP contribution is -2.28. The molecule has 0 unspecified atom stereocenters. The lowest BCUT2D eigenvalue weighted by molar-refractivity contribution is 0.251. The number of amides is 2. The smallest absolute Gasteiger partial charge is 0.319 e. The maximum Gasteiger partial charge on any atom is 0.319 e.